The van der Waals surface area contributed by atoms with Crippen LogP contribution < -0.4 is 0 Å². The van der Waals surface area contributed by atoms with Gasteiger partial charge in [-0.05, 0) is 54.8 Å². The third-order valence-corrected chi connectivity index (χ3v) is 4.83. The predicted octanol–water partition coefficient (Wildman–Crippen LogP) is 7.72. The second-order valence-corrected chi connectivity index (χ2v) is 9.25. The topological polar surface area (TPSA) is 0 Å². The molecule has 0 amide bonds. The molecule has 0 fully saturated rings. The molecule has 0 aromatic carbocycles. The highest BCUT2D eigenvalue weighted by Gasteiger charge is 2.30. The van der Waals surface area contributed by atoms with E-state index < -0.39 is 0 Å². The molecule has 21 heavy (non-hydrogen) atoms. The first kappa shape index (κ1) is 21.0. The molecule has 0 atom stereocenters. The average Bonchev–Trinajstić information content (AvgIpc) is 2.32. The first-order valence-corrected chi connectivity index (χ1v) is 9.67. The van der Waals surface area contributed by atoms with Gasteiger partial charge in [-0.3, -0.25) is 0 Å². The van der Waals surface area contributed by atoms with Crippen molar-refractivity contribution in [1.29, 1.82) is 0 Å². The highest BCUT2D eigenvalue weighted by molar-refractivity contribution is 4.82. The maximum Gasteiger partial charge on any atom is -0.0295 e. The molecule has 0 spiro atoms. The van der Waals surface area contributed by atoms with Crippen molar-refractivity contribution in [3.05, 3.63) is 0 Å². The van der Waals surface area contributed by atoms with Crippen molar-refractivity contribution in [1.82, 2.24) is 0 Å². The molecule has 0 aromatic rings. The average molecular weight is 297 g/mol. The van der Waals surface area contributed by atoms with Gasteiger partial charge in [0.25, 0.3) is 0 Å². The molecule has 128 valence electrons. The van der Waals surface area contributed by atoms with Crippen LogP contribution in [-0.4, -0.2) is 0 Å². The van der Waals surface area contributed by atoms with Gasteiger partial charge in [-0.2, -0.15) is 0 Å². The summed E-state index contributed by atoms with van der Waals surface area (Å²) >= 11 is 0. The molecule has 0 unspecified atom stereocenters. The molecule has 0 heterocycles. The summed E-state index contributed by atoms with van der Waals surface area (Å²) in [6, 6.07) is 0. The van der Waals surface area contributed by atoms with E-state index in [1.807, 2.05) is 0 Å². The highest BCUT2D eigenvalue weighted by atomic mass is 14.4. The van der Waals surface area contributed by atoms with E-state index in [1.165, 1.54) is 51.4 Å². The van der Waals surface area contributed by atoms with Gasteiger partial charge in [0.15, 0.2) is 0 Å². The summed E-state index contributed by atoms with van der Waals surface area (Å²) in [6.45, 7) is 19.1. The van der Waals surface area contributed by atoms with Crippen molar-refractivity contribution in [2.45, 2.75) is 107 Å². The normalized spacial score (nSPS) is 13.1. The summed E-state index contributed by atoms with van der Waals surface area (Å²) in [5, 5.41) is 0. The highest BCUT2D eigenvalue weighted by Crippen LogP contribution is 2.43. The lowest BCUT2D eigenvalue weighted by molar-refractivity contribution is 0.143. The summed E-state index contributed by atoms with van der Waals surface area (Å²) in [7, 11) is 0. The fourth-order valence-electron chi connectivity index (χ4n) is 3.62. The van der Waals surface area contributed by atoms with Crippen molar-refractivity contribution in [3.63, 3.8) is 0 Å². The number of rotatable bonds is 12. The Hall–Kier alpha value is 0. The Morgan fingerprint density at radius 3 is 1.29 bits per heavy atom. The zero-order valence-electron chi connectivity index (χ0n) is 16.5. The van der Waals surface area contributed by atoms with Crippen LogP contribution in [0.25, 0.3) is 0 Å². The number of hydrogen-bond donors (Lipinski definition) is 0. The van der Waals surface area contributed by atoms with Crippen molar-refractivity contribution >= 4 is 0 Å². The van der Waals surface area contributed by atoms with E-state index in [0.29, 0.717) is 5.41 Å². The van der Waals surface area contributed by atoms with Gasteiger partial charge < -0.3 is 0 Å². The predicted molar refractivity (Wildman–Crippen MR) is 98.7 cm³/mol. The van der Waals surface area contributed by atoms with Gasteiger partial charge in [-0.15, -0.1) is 0 Å². The van der Waals surface area contributed by atoms with E-state index in [0.717, 1.165) is 23.7 Å². The summed E-state index contributed by atoms with van der Waals surface area (Å²) < 4.78 is 0. The van der Waals surface area contributed by atoms with Gasteiger partial charge in [0.05, 0.1) is 0 Å². The quantitative estimate of drug-likeness (QED) is 0.346. The summed E-state index contributed by atoms with van der Waals surface area (Å²) in [5.41, 5.74) is 0.623. The molecule has 0 aliphatic heterocycles. The van der Waals surface area contributed by atoms with E-state index in [2.05, 4.69) is 55.4 Å². The summed E-state index contributed by atoms with van der Waals surface area (Å²) in [5.74, 6) is 3.39. The summed E-state index contributed by atoms with van der Waals surface area (Å²) in [4.78, 5) is 0. The molecule has 0 bridgehead atoms. The molecular formula is C21H44. The molecule has 0 radical (unpaired) electrons. The third-order valence-electron chi connectivity index (χ3n) is 4.83. The van der Waals surface area contributed by atoms with E-state index in [4.69, 9.17) is 0 Å². The van der Waals surface area contributed by atoms with Crippen LogP contribution in [0.15, 0.2) is 0 Å². The van der Waals surface area contributed by atoms with E-state index in [9.17, 15) is 0 Å². The lowest BCUT2D eigenvalue weighted by Gasteiger charge is -2.37. The number of hydrogen-bond acceptors (Lipinski definition) is 0. The fraction of sp³-hybridized carbons (Fsp3) is 1.00. The molecule has 0 saturated heterocycles. The Morgan fingerprint density at radius 1 is 0.524 bits per heavy atom. The molecular weight excluding hydrogens is 252 g/mol. The molecule has 0 rings (SSSR count). The third kappa shape index (κ3) is 11.2. The Bertz CT molecular complexity index is 222. The van der Waals surface area contributed by atoms with Crippen molar-refractivity contribution in [2.24, 2.45) is 29.1 Å². The van der Waals surface area contributed by atoms with E-state index >= 15 is 0 Å². The Balaban J connectivity index is 4.80. The fourth-order valence-corrected chi connectivity index (χ4v) is 3.62. The van der Waals surface area contributed by atoms with Crippen LogP contribution in [0.5, 0.6) is 0 Å². The van der Waals surface area contributed by atoms with Gasteiger partial charge in [0, 0.05) is 0 Å². The van der Waals surface area contributed by atoms with Crippen LogP contribution in [0.4, 0.5) is 0 Å². The molecule has 0 aliphatic rings. The van der Waals surface area contributed by atoms with Crippen LogP contribution in [0.2, 0.25) is 0 Å². The Morgan fingerprint density at radius 2 is 0.952 bits per heavy atom. The van der Waals surface area contributed by atoms with Gasteiger partial charge in [0.2, 0.25) is 0 Å². The molecule has 0 aliphatic carbocycles. The summed E-state index contributed by atoms with van der Waals surface area (Å²) in [6.07, 6.45) is 11.5. The van der Waals surface area contributed by atoms with Gasteiger partial charge in [0.1, 0.15) is 0 Å². The first-order valence-electron chi connectivity index (χ1n) is 9.67. The minimum Gasteiger partial charge on any atom is -0.0628 e. The SMILES string of the molecule is CC(C)CCCC(CCC(C)C)(CCC(C)C)CC(C)C. The lowest BCUT2D eigenvalue weighted by atomic mass is 9.68. The molecule has 0 nitrogen and oxygen atoms in total. The standard InChI is InChI=1S/C21H44/c1-17(2)10-9-13-21(16-20(7)8,14-11-18(3)4)15-12-19(5)6/h17-20H,9-16H2,1-8H3. The zero-order chi connectivity index (χ0) is 16.5. The van der Waals surface area contributed by atoms with Crippen LogP contribution in [-0.2, 0) is 0 Å². The zero-order valence-corrected chi connectivity index (χ0v) is 16.5. The maximum atomic E-state index is 2.42. The van der Waals surface area contributed by atoms with Crippen LogP contribution >= 0.6 is 0 Å². The van der Waals surface area contributed by atoms with E-state index in [1.54, 1.807) is 0 Å². The van der Waals surface area contributed by atoms with Crippen LogP contribution in [0.3, 0.4) is 0 Å². The van der Waals surface area contributed by atoms with Gasteiger partial charge >= 0.3 is 0 Å². The first-order chi connectivity index (χ1) is 9.67. The molecule has 0 N–H and O–H groups in total. The minimum absolute atomic E-state index is 0.623. The second kappa shape index (κ2) is 10.7. The largest absolute Gasteiger partial charge is 0.0628 e. The maximum absolute atomic E-state index is 2.42. The van der Waals surface area contributed by atoms with Crippen molar-refractivity contribution in [2.75, 3.05) is 0 Å². The van der Waals surface area contributed by atoms with Crippen molar-refractivity contribution < 1.29 is 0 Å². The van der Waals surface area contributed by atoms with Crippen LogP contribution in [0.1, 0.15) is 107 Å². The van der Waals surface area contributed by atoms with Crippen LogP contribution in [0, 0.1) is 29.1 Å². The van der Waals surface area contributed by atoms with Crippen molar-refractivity contribution in [3.8, 4) is 0 Å². The molecule has 0 saturated carbocycles. The van der Waals surface area contributed by atoms with Gasteiger partial charge in [-0.25, -0.2) is 0 Å². The second-order valence-electron chi connectivity index (χ2n) is 9.25. The van der Waals surface area contributed by atoms with E-state index in [-0.39, 0.29) is 0 Å². The Labute approximate surface area is 136 Å². The Kier molecular flexibility index (Phi) is 10.7. The smallest absolute Gasteiger partial charge is 0.0295 e. The minimum atomic E-state index is 0.623. The monoisotopic (exact) mass is 296 g/mol. The molecule has 0 heteroatoms. The lowest BCUT2D eigenvalue weighted by Crippen LogP contribution is -2.25. The van der Waals surface area contributed by atoms with Gasteiger partial charge in [-0.1, -0.05) is 81.1 Å². The molecule has 0 aromatic heterocycles.